The number of hydrogen-bond acceptors (Lipinski definition) is 2. The summed E-state index contributed by atoms with van der Waals surface area (Å²) in [6, 6.07) is 0. The Hall–Kier alpha value is -1.12. The number of imide groups is 1. The largest absolute Gasteiger partial charge is 0.283 e. The van der Waals surface area contributed by atoms with Crippen LogP contribution in [0.4, 0.5) is 0 Å². The second-order valence-electron chi connectivity index (χ2n) is 3.93. The first kappa shape index (κ1) is 12.0. The lowest BCUT2D eigenvalue weighted by atomic mass is 10.2. The monoisotopic (exact) mass is 209 g/mol. The van der Waals surface area contributed by atoms with Crippen molar-refractivity contribution in [3.63, 3.8) is 0 Å². The number of carbonyl (C=O) groups excluding carboxylic acids is 2. The van der Waals surface area contributed by atoms with Crippen LogP contribution in [0.2, 0.25) is 0 Å². The molecule has 2 amide bonds. The Kier molecular flexibility index (Phi) is 5.08. The maximum Gasteiger partial charge on any atom is 0.229 e. The second-order valence-corrected chi connectivity index (χ2v) is 3.93. The molecule has 3 heteroatoms. The molecule has 1 heterocycles. The molecule has 0 spiro atoms. The average molecular weight is 209 g/mol. The number of carbonyl (C=O) groups is 2. The SMILES string of the molecule is C=CCCCC(=O)N1CCCCCC1=O. The molecule has 0 aromatic carbocycles. The van der Waals surface area contributed by atoms with Crippen LogP contribution in [-0.2, 0) is 9.59 Å². The highest BCUT2D eigenvalue weighted by Gasteiger charge is 2.21. The molecule has 0 radical (unpaired) electrons. The molecule has 1 aliphatic heterocycles. The van der Waals surface area contributed by atoms with Gasteiger partial charge in [0.25, 0.3) is 0 Å². The lowest BCUT2D eigenvalue weighted by molar-refractivity contribution is -0.144. The van der Waals surface area contributed by atoms with Gasteiger partial charge in [0, 0.05) is 19.4 Å². The smallest absolute Gasteiger partial charge is 0.229 e. The van der Waals surface area contributed by atoms with Gasteiger partial charge in [-0.2, -0.15) is 0 Å². The lowest BCUT2D eigenvalue weighted by Gasteiger charge is -2.18. The summed E-state index contributed by atoms with van der Waals surface area (Å²) in [6.45, 7) is 4.22. The van der Waals surface area contributed by atoms with E-state index in [4.69, 9.17) is 0 Å². The van der Waals surface area contributed by atoms with Crippen molar-refractivity contribution >= 4 is 11.8 Å². The highest BCUT2D eigenvalue weighted by atomic mass is 16.2. The summed E-state index contributed by atoms with van der Waals surface area (Å²) < 4.78 is 0. The number of rotatable bonds is 4. The Morgan fingerprint density at radius 2 is 2.20 bits per heavy atom. The fraction of sp³-hybridized carbons (Fsp3) is 0.667. The van der Waals surface area contributed by atoms with E-state index in [0.29, 0.717) is 19.4 Å². The maximum atomic E-state index is 11.7. The molecule has 84 valence electrons. The van der Waals surface area contributed by atoms with Crippen LogP contribution in [0.5, 0.6) is 0 Å². The second kappa shape index (κ2) is 6.38. The van der Waals surface area contributed by atoms with Crippen LogP contribution in [0.1, 0.15) is 44.9 Å². The fourth-order valence-corrected chi connectivity index (χ4v) is 1.78. The third kappa shape index (κ3) is 3.86. The van der Waals surface area contributed by atoms with Gasteiger partial charge in [-0.05, 0) is 25.7 Å². The van der Waals surface area contributed by atoms with E-state index in [2.05, 4.69) is 6.58 Å². The predicted octanol–water partition coefficient (Wildman–Crippen LogP) is 2.27. The number of unbranched alkanes of at least 4 members (excludes halogenated alkanes) is 1. The molecular formula is C12H19NO2. The number of amides is 2. The fourth-order valence-electron chi connectivity index (χ4n) is 1.78. The van der Waals surface area contributed by atoms with Crippen LogP contribution in [0.25, 0.3) is 0 Å². The zero-order chi connectivity index (χ0) is 11.1. The first-order valence-corrected chi connectivity index (χ1v) is 5.70. The van der Waals surface area contributed by atoms with Gasteiger partial charge >= 0.3 is 0 Å². The van der Waals surface area contributed by atoms with E-state index in [9.17, 15) is 9.59 Å². The zero-order valence-electron chi connectivity index (χ0n) is 9.21. The van der Waals surface area contributed by atoms with Crippen LogP contribution < -0.4 is 0 Å². The topological polar surface area (TPSA) is 37.4 Å². The summed E-state index contributed by atoms with van der Waals surface area (Å²) >= 11 is 0. The highest BCUT2D eigenvalue weighted by molar-refractivity contribution is 5.95. The predicted molar refractivity (Wildman–Crippen MR) is 59.2 cm³/mol. The van der Waals surface area contributed by atoms with Gasteiger partial charge in [0.2, 0.25) is 11.8 Å². The molecule has 0 atom stereocenters. The van der Waals surface area contributed by atoms with Crippen LogP contribution >= 0.6 is 0 Å². The van der Waals surface area contributed by atoms with E-state index in [0.717, 1.165) is 32.1 Å². The minimum atomic E-state index is -0.0104. The molecule has 1 rings (SSSR count). The van der Waals surface area contributed by atoms with Gasteiger partial charge in [-0.1, -0.05) is 12.5 Å². The zero-order valence-corrected chi connectivity index (χ0v) is 9.21. The van der Waals surface area contributed by atoms with E-state index in [1.54, 1.807) is 6.08 Å². The molecular weight excluding hydrogens is 190 g/mol. The number of likely N-dealkylation sites (tertiary alicyclic amines) is 1. The van der Waals surface area contributed by atoms with E-state index in [1.165, 1.54) is 4.90 Å². The molecule has 15 heavy (non-hydrogen) atoms. The van der Waals surface area contributed by atoms with Crippen molar-refractivity contribution in [1.29, 1.82) is 0 Å². The Morgan fingerprint density at radius 3 is 2.93 bits per heavy atom. The Bertz CT molecular complexity index is 248. The van der Waals surface area contributed by atoms with Crippen LogP contribution in [0.3, 0.4) is 0 Å². The summed E-state index contributed by atoms with van der Waals surface area (Å²) in [4.78, 5) is 24.7. The van der Waals surface area contributed by atoms with Crippen LogP contribution in [-0.4, -0.2) is 23.3 Å². The first-order valence-electron chi connectivity index (χ1n) is 5.70. The van der Waals surface area contributed by atoms with E-state index in [-0.39, 0.29) is 11.8 Å². The summed E-state index contributed by atoms with van der Waals surface area (Å²) in [5.74, 6) is -0.000136. The molecule has 1 fully saturated rings. The molecule has 0 bridgehead atoms. The van der Waals surface area contributed by atoms with Gasteiger partial charge < -0.3 is 0 Å². The molecule has 0 aromatic rings. The van der Waals surface area contributed by atoms with Crippen molar-refractivity contribution < 1.29 is 9.59 Å². The third-order valence-corrected chi connectivity index (χ3v) is 2.67. The van der Waals surface area contributed by atoms with Crippen LogP contribution in [0.15, 0.2) is 12.7 Å². The van der Waals surface area contributed by atoms with Gasteiger partial charge in [0.1, 0.15) is 0 Å². The van der Waals surface area contributed by atoms with Crippen molar-refractivity contribution in [2.24, 2.45) is 0 Å². The molecule has 0 unspecified atom stereocenters. The summed E-state index contributed by atoms with van der Waals surface area (Å²) in [5.41, 5.74) is 0. The van der Waals surface area contributed by atoms with E-state index in [1.807, 2.05) is 0 Å². The standard InChI is InChI=1S/C12H19NO2/c1-2-3-5-8-11(14)13-10-7-4-6-9-12(13)15/h2H,1,3-10H2. The van der Waals surface area contributed by atoms with E-state index < -0.39 is 0 Å². The van der Waals surface area contributed by atoms with Gasteiger partial charge in [0.05, 0.1) is 0 Å². The summed E-state index contributed by atoms with van der Waals surface area (Å²) in [7, 11) is 0. The number of nitrogens with zero attached hydrogens (tertiary/aromatic N) is 1. The maximum absolute atomic E-state index is 11.7. The summed E-state index contributed by atoms with van der Waals surface area (Å²) in [6.07, 6.45) is 7.39. The number of hydrogen-bond donors (Lipinski definition) is 0. The van der Waals surface area contributed by atoms with Crippen molar-refractivity contribution in [3.05, 3.63) is 12.7 Å². The summed E-state index contributed by atoms with van der Waals surface area (Å²) in [5, 5.41) is 0. The Labute approximate surface area is 91.1 Å². The number of allylic oxidation sites excluding steroid dienone is 1. The lowest BCUT2D eigenvalue weighted by Crippen LogP contribution is -2.36. The molecule has 0 saturated carbocycles. The first-order chi connectivity index (χ1) is 7.25. The van der Waals surface area contributed by atoms with Gasteiger partial charge in [-0.3, -0.25) is 14.5 Å². The Morgan fingerprint density at radius 1 is 1.40 bits per heavy atom. The molecule has 1 aliphatic rings. The quantitative estimate of drug-likeness (QED) is 0.526. The van der Waals surface area contributed by atoms with E-state index >= 15 is 0 Å². The average Bonchev–Trinajstić information content (AvgIpc) is 2.43. The highest BCUT2D eigenvalue weighted by Crippen LogP contribution is 2.13. The van der Waals surface area contributed by atoms with Gasteiger partial charge in [0.15, 0.2) is 0 Å². The minimum Gasteiger partial charge on any atom is -0.283 e. The molecule has 0 N–H and O–H groups in total. The molecule has 1 saturated heterocycles. The van der Waals surface area contributed by atoms with Crippen molar-refractivity contribution in [1.82, 2.24) is 4.90 Å². The van der Waals surface area contributed by atoms with Gasteiger partial charge in [-0.15, -0.1) is 6.58 Å². The van der Waals surface area contributed by atoms with Crippen LogP contribution in [0, 0.1) is 0 Å². The normalized spacial score (nSPS) is 17.3. The Balaban J connectivity index is 2.41. The van der Waals surface area contributed by atoms with Crippen molar-refractivity contribution in [2.75, 3.05) is 6.54 Å². The van der Waals surface area contributed by atoms with Gasteiger partial charge in [-0.25, -0.2) is 0 Å². The molecule has 3 nitrogen and oxygen atoms in total. The molecule has 0 aromatic heterocycles. The van der Waals surface area contributed by atoms with Crippen molar-refractivity contribution in [3.8, 4) is 0 Å². The third-order valence-electron chi connectivity index (χ3n) is 2.67. The molecule has 0 aliphatic carbocycles. The minimum absolute atomic E-state index is 0.0103. The van der Waals surface area contributed by atoms with Crippen molar-refractivity contribution in [2.45, 2.75) is 44.9 Å².